The molecule has 1 amide bonds. The number of rotatable bonds is 8. The zero-order chi connectivity index (χ0) is 17.4. The van der Waals surface area contributed by atoms with Gasteiger partial charge in [-0.1, -0.05) is 44.2 Å². The number of carbonyl (C=O) groups is 1. The molecule has 2 aromatic rings. The third-order valence-corrected chi connectivity index (χ3v) is 3.76. The second kappa shape index (κ2) is 9.01. The van der Waals surface area contributed by atoms with Crippen LogP contribution in [0.1, 0.15) is 42.6 Å². The van der Waals surface area contributed by atoms with Crippen LogP contribution in [-0.4, -0.2) is 40.9 Å². The molecule has 0 radical (unpaired) electrons. The van der Waals surface area contributed by atoms with E-state index in [0.717, 1.165) is 31.5 Å². The van der Waals surface area contributed by atoms with Crippen molar-refractivity contribution in [2.45, 2.75) is 33.2 Å². The molecule has 0 N–H and O–H groups in total. The number of anilines is 1. The maximum absolute atomic E-state index is 12.5. The van der Waals surface area contributed by atoms with E-state index < -0.39 is 0 Å². The summed E-state index contributed by atoms with van der Waals surface area (Å²) >= 11 is 0. The van der Waals surface area contributed by atoms with E-state index in [2.05, 4.69) is 28.7 Å². The molecular weight excluding hydrogens is 300 g/mol. The Morgan fingerprint density at radius 3 is 2.12 bits per heavy atom. The van der Waals surface area contributed by atoms with Crippen molar-refractivity contribution in [3.05, 3.63) is 53.9 Å². The molecule has 0 aliphatic rings. The van der Waals surface area contributed by atoms with E-state index in [1.165, 1.54) is 0 Å². The highest BCUT2D eigenvalue weighted by Gasteiger charge is 2.14. The van der Waals surface area contributed by atoms with Crippen molar-refractivity contribution in [3.63, 3.8) is 0 Å². The van der Waals surface area contributed by atoms with Gasteiger partial charge in [-0.3, -0.25) is 4.79 Å². The van der Waals surface area contributed by atoms with Gasteiger partial charge in [0.15, 0.2) is 0 Å². The number of nitrogens with zero attached hydrogens (tertiary/aromatic N) is 4. The lowest BCUT2D eigenvalue weighted by atomic mass is 10.2. The summed E-state index contributed by atoms with van der Waals surface area (Å²) in [4.78, 5) is 25.1. The first-order valence-electron chi connectivity index (χ1n) is 8.52. The predicted octanol–water partition coefficient (Wildman–Crippen LogP) is 3.38. The Labute approximate surface area is 144 Å². The SMILES string of the molecule is CCCN(CCC)c1ncc(C(=O)N(C)Cc2ccccc2)cn1. The maximum atomic E-state index is 12.5. The topological polar surface area (TPSA) is 49.3 Å². The van der Waals surface area contributed by atoms with Crippen LogP contribution in [-0.2, 0) is 6.54 Å². The molecule has 1 aromatic heterocycles. The van der Waals surface area contributed by atoms with Crippen molar-refractivity contribution in [3.8, 4) is 0 Å². The van der Waals surface area contributed by atoms with Crippen LogP contribution in [0.5, 0.6) is 0 Å². The van der Waals surface area contributed by atoms with Gasteiger partial charge in [0.2, 0.25) is 5.95 Å². The van der Waals surface area contributed by atoms with Gasteiger partial charge in [0.1, 0.15) is 0 Å². The summed E-state index contributed by atoms with van der Waals surface area (Å²) in [6.45, 7) is 6.70. The van der Waals surface area contributed by atoms with Crippen LogP contribution >= 0.6 is 0 Å². The zero-order valence-corrected chi connectivity index (χ0v) is 14.8. The molecule has 0 atom stereocenters. The molecule has 1 heterocycles. The minimum Gasteiger partial charge on any atom is -0.341 e. The average Bonchev–Trinajstić information content (AvgIpc) is 2.62. The van der Waals surface area contributed by atoms with Crippen molar-refractivity contribution in [1.82, 2.24) is 14.9 Å². The van der Waals surface area contributed by atoms with Gasteiger partial charge in [0.25, 0.3) is 5.91 Å². The van der Waals surface area contributed by atoms with Gasteiger partial charge in [0, 0.05) is 39.1 Å². The van der Waals surface area contributed by atoms with Gasteiger partial charge < -0.3 is 9.80 Å². The summed E-state index contributed by atoms with van der Waals surface area (Å²) in [6.07, 6.45) is 5.35. The van der Waals surface area contributed by atoms with E-state index in [1.54, 1.807) is 24.3 Å². The molecule has 0 aliphatic carbocycles. The summed E-state index contributed by atoms with van der Waals surface area (Å²) in [6, 6.07) is 9.94. The number of aromatic nitrogens is 2. The van der Waals surface area contributed by atoms with Crippen molar-refractivity contribution < 1.29 is 4.79 Å². The molecule has 0 saturated heterocycles. The van der Waals surface area contributed by atoms with Crippen molar-refractivity contribution in [2.24, 2.45) is 0 Å². The molecule has 5 nitrogen and oxygen atoms in total. The Hall–Kier alpha value is -2.43. The normalized spacial score (nSPS) is 10.5. The van der Waals surface area contributed by atoms with E-state index in [4.69, 9.17) is 0 Å². The lowest BCUT2D eigenvalue weighted by Gasteiger charge is -2.21. The molecule has 0 bridgehead atoms. The number of hydrogen-bond acceptors (Lipinski definition) is 4. The molecule has 0 saturated carbocycles. The first-order valence-corrected chi connectivity index (χ1v) is 8.52. The number of carbonyl (C=O) groups excluding carboxylic acids is 1. The summed E-state index contributed by atoms with van der Waals surface area (Å²) in [5.41, 5.74) is 1.62. The Bertz CT molecular complexity index is 622. The molecule has 0 spiro atoms. The minimum atomic E-state index is -0.0667. The van der Waals surface area contributed by atoms with E-state index in [0.29, 0.717) is 18.1 Å². The predicted molar refractivity (Wildman–Crippen MR) is 97.1 cm³/mol. The third kappa shape index (κ3) is 4.78. The smallest absolute Gasteiger partial charge is 0.257 e. The van der Waals surface area contributed by atoms with E-state index in [1.807, 2.05) is 30.3 Å². The van der Waals surface area contributed by atoms with Crippen LogP contribution in [0.25, 0.3) is 0 Å². The molecule has 0 fully saturated rings. The third-order valence-electron chi connectivity index (χ3n) is 3.76. The molecule has 1 aromatic carbocycles. The largest absolute Gasteiger partial charge is 0.341 e. The highest BCUT2D eigenvalue weighted by molar-refractivity contribution is 5.93. The first-order chi connectivity index (χ1) is 11.7. The fourth-order valence-electron chi connectivity index (χ4n) is 2.60. The van der Waals surface area contributed by atoms with Crippen molar-refractivity contribution in [1.29, 1.82) is 0 Å². The number of hydrogen-bond donors (Lipinski definition) is 0. The van der Waals surface area contributed by atoms with Crippen molar-refractivity contribution >= 4 is 11.9 Å². The van der Waals surface area contributed by atoms with Gasteiger partial charge in [-0.25, -0.2) is 9.97 Å². The van der Waals surface area contributed by atoms with Gasteiger partial charge in [-0.2, -0.15) is 0 Å². The lowest BCUT2D eigenvalue weighted by molar-refractivity contribution is 0.0784. The van der Waals surface area contributed by atoms with Gasteiger partial charge in [0.05, 0.1) is 5.56 Å². The fourth-order valence-corrected chi connectivity index (χ4v) is 2.60. The monoisotopic (exact) mass is 326 g/mol. The van der Waals surface area contributed by atoms with Crippen molar-refractivity contribution in [2.75, 3.05) is 25.0 Å². The summed E-state index contributed by atoms with van der Waals surface area (Å²) in [5.74, 6) is 0.629. The first kappa shape index (κ1) is 17.9. The number of amides is 1. The second-order valence-electron chi connectivity index (χ2n) is 5.91. The zero-order valence-electron chi connectivity index (χ0n) is 14.8. The second-order valence-corrected chi connectivity index (χ2v) is 5.91. The Morgan fingerprint density at radius 2 is 1.58 bits per heavy atom. The van der Waals surface area contributed by atoms with Gasteiger partial charge in [-0.05, 0) is 18.4 Å². The highest BCUT2D eigenvalue weighted by atomic mass is 16.2. The van der Waals surface area contributed by atoms with Crippen LogP contribution in [0, 0.1) is 0 Å². The van der Waals surface area contributed by atoms with Crippen LogP contribution in [0.3, 0.4) is 0 Å². The molecule has 0 aliphatic heterocycles. The lowest BCUT2D eigenvalue weighted by Crippen LogP contribution is -2.28. The molecule has 24 heavy (non-hydrogen) atoms. The Morgan fingerprint density at radius 1 is 1.00 bits per heavy atom. The molecule has 128 valence electrons. The van der Waals surface area contributed by atoms with E-state index in [9.17, 15) is 4.79 Å². The summed E-state index contributed by atoms with van der Waals surface area (Å²) < 4.78 is 0. The van der Waals surface area contributed by atoms with Gasteiger partial charge >= 0.3 is 0 Å². The standard InChI is InChI=1S/C19H26N4O/c1-4-11-23(12-5-2)19-20-13-17(14-21-19)18(24)22(3)15-16-9-7-6-8-10-16/h6-10,13-14H,4-5,11-12,15H2,1-3H3. The molecule has 5 heteroatoms. The summed E-state index contributed by atoms with van der Waals surface area (Å²) in [5, 5.41) is 0. The van der Waals surface area contributed by atoms with Gasteiger partial charge in [-0.15, -0.1) is 0 Å². The highest BCUT2D eigenvalue weighted by Crippen LogP contribution is 2.11. The Kier molecular flexibility index (Phi) is 6.73. The van der Waals surface area contributed by atoms with Crippen LogP contribution in [0.15, 0.2) is 42.7 Å². The maximum Gasteiger partial charge on any atom is 0.257 e. The average molecular weight is 326 g/mol. The minimum absolute atomic E-state index is 0.0667. The molecular formula is C19H26N4O. The van der Waals surface area contributed by atoms with Crippen LogP contribution in [0.2, 0.25) is 0 Å². The van der Waals surface area contributed by atoms with Crippen LogP contribution in [0.4, 0.5) is 5.95 Å². The quantitative estimate of drug-likeness (QED) is 0.746. The van der Waals surface area contributed by atoms with E-state index in [-0.39, 0.29) is 5.91 Å². The molecule has 0 unspecified atom stereocenters. The van der Waals surface area contributed by atoms with E-state index >= 15 is 0 Å². The Balaban J connectivity index is 2.04. The van der Waals surface area contributed by atoms with Crippen LogP contribution < -0.4 is 4.90 Å². The molecule has 2 rings (SSSR count). The summed E-state index contributed by atoms with van der Waals surface area (Å²) in [7, 11) is 1.80. The fraction of sp³-hybridized carbons (Fsp3) is 0.421. The number of benzene rings is 1.